The molecule has 0 saturated carbocycles. The minimum atomic E-state index is -3.83. The summed E-state index contributed by atoms with van der Waals surface area (Å²) in [5.41, 5.74) is 0.374. The number of para-hydroxylation sites is 1. The van der Waals surface area contributed by atoms with Gasteiger partial charge in [0.05, 0.1) is 0 Å². The Morgan fingerprint density at radius 2 is 2.05 bits per heavy atom. The summed E-state index contributed by atoms with van der Waals surface area (Å²) < 4.78 is 51.5. The van der Waals surface area contributed by atoms with Crippen molar-refractivity contribution in [2.45, 2.75) is 24.8 Å². The van der Waals surface area contributed by atoms with Crippen molar-refractivity contribution in [1.82, 2.24) is 4.90 Å². The highest BCUT2D eigenvalue weighted by atomic mass is 35.7. The van der Waals surface area contributed by atoms with Gasteiger partial charge in [-0.05, 0) is 6.07 Å². The number of ether oxygens (including phenoxy) is 1. The van der Waals surface area contributed by atoms with Gasteiger partial charge < -0.3 is 9.64 Å². The largest absolute Gasteiger partial charge is 0.434 e. The molecule has 21 heavy (non-hydrogen) atoms. The van der Waals surface area contributed by atoms with Gasteiger partial charge in [-0.15, -0.1) is 0 Å². The molecule has 1 aliphatic rings. The van der Waals surface area contributed by atoms with Gasteiger partial charge in [0.2, 0.25) is 15.0 Å². The van der Waals surface area contributed by atoms with Crippen molar-refractivity contribution in [3.05, 3.63) is 29.8 Å². The van der Waals surface area contributed by atoms with E-state index >= 15 is 0 Å². The number of alkyl halides is 2. The highest BCUT2D eigenvalue weighted by Gasteiger charge is 2.37. The second kappa shape index (κ2) is 6.15. The average Bonchev–Trinajstić information content (AvgIpc) is 2.73. The first-order valence-corrected chi connectivity index (χ1v) is 8.38. The van der Waals surface area contributed by atoms with Gasteiger partial charge in [0, 0.05) is 35.8 Å². The molecule has 0 aliphatic carbocycles. The Labute approximate surface area is 124 Å². The molecule has 0 radical (unpaired) electrons. The van der Waals surface area contributed by atoms with Crippen molar-refractivity contribution in [2.75, 3.05) is 6.54 Å². The Morgan fingerprint density at radius 3 is 2.62 bits per heavy atom. The minimum absolute atomic E-state index is 0.00929. The number of rotatable bonds is 5. The maximum absolute atomic E-state index is 12.3. The average molecular weight is 340 g/mol. The van der Waals surface area contributed by atoms with Crippen LogP contribution in [-0.4, -0.2) is 37.6 Å². The molecule has 1 aliphatic heterocycles. The van der Waals surface area contributed by atoms with Crippen molar-refractivity contribution >= 4 is 25.6 Å². The topological polar surface area (TPSA) is 63.7 Å². The normalized spacial score (nSPS) is 19.3. The first-order valence-electron chi connectivity index (χ1n) is 6.01. The zero-order valence-electron chi connectivity index (χ0n) is 10.7. The van der Waals surface area contributed by atoms with Crippen LogP contribution in [0.15, 0.2) is 24.3 Å². The van der Waals surface area contributed by atoms with Crippen LogP contribution in [0.3, 0.4) is 0 Å². The molecule has 116 valence electrons. The highest BCUT2D eigenvalue weighted by Crippen LogP contribution is 2.26. The maximum Gasteiger partial charge on any atom is 0.387 e. The molecule has 1 heterocycles. The molecule has 1 unspecified atom stereocenters. The summed E-state index contributed by atoms with van der Waals surface area (Å²) in [7, 11) is 1.41. The first-order chi connectivity index (χ1) is 9.77. The van der Waals surface area contributed by atoms with Crippen molar-refractivity contribution in [1.29, 1.82) is 0 Å². The molecule has 1 saturated heterocycles. The molecule has 0 aromatic heterocycles. The van der Waals surface area contributed by atoms with Crippen LogP contribution in [-0.2, 0) is 20.4 Å². The summed E-state index contributed by atoms with van der Waals surface area (Å²) in [4.78, 5) is 13.0. The Balaban J connectivity index is 2.14. The SMILES string of the molecule is O=C1CC(S(=O)(=O)Cl)CN1Cc1ccccc1OC(F)F. The lowest BCUT2D eigenvalue weighted by atomic mass is 10.2. The lowest BCUT2D eigenvalue weighted by Gasteiger charge is -2.18. The van der Waals surface area contributed by atoms with Gasteiger partial charge in [0.15, 0.2) is 0 Å². The standard InChI is InChI=1S/C12H12ClF2NO4S/c13-21(18,19)9-5-11(17)16(7-9)6-8-3-1-2-4-10(8)20-12(14)15/h1-4,9,12H,5-7H2. The van der Waals surface area contributed by atoms with E-state index in [2.05, 4.69) is 4.74 Å². The molecule has 9 heteroatoms. The summed E-state index contributed by atoms with van der Waals surface area (Å²) in [6.45, 7) is -3.05. The van der Waals surface area contributed by atoms with Gasteiger partial charge in [-0.2, -0.15) is 8.78 Å². The predicted molar refractivity (Wildman–Crippen MR) is 71.7 cm³/mol. The number of carbonyl (C=O) groups is 1. The second-order valence-corrected chi connectivity index (χ2v) is 7.47. The zero-order valence-corrected chi connectivity index (χ0v) is 12.3. The van der Waals surface area contributed by atoms with Crippen LogP contribution in [0.2, 0.25) is 0 Å². The van der Waals surface area contributed by atoms with E-state index in [1.165, 1.54) is 23.1 Å². The van der Waals surface area contributed by atoms with Crippen molar-refractivity contribution < 1.29 is 26.7 Å². The van der Waals surface area contributed by atoms with E-state index in [1.54, 1.807) is 6.07 Å². The summed E-state index contributed by atoms with van der Waals surface area (Å²) in [6, 6.07) is 6.04. The fourth-order valence-electron chi connectivity index (χ4n) is 2.13. The fraction of sp³-hybridized carbons (Fsp3) is 0.417. The lowest BCUT2D eigenvalue weighted by Crippen LogP contribution is -2.27. The first kappa shape index (κ1) is 16.0. The molecule has 1 aromatic carbocycles. The summed E-state index contributed by atoms with van der Waals surface area (Å²) in [6.07, 6.45) is -0.205. The Kier molecular flexibility index (Phi) is 4.67. The fourth-order valence-corrected chi connectivity index (χ4v) is 3.19. The van der Waals surface area contributed by atoms with Gasteiger partial charge in [-0.3, -0.25) is 4.79 Å². The summed E-state index contributed by atoms with van der Waals surface area (Å²) >= 11 is 0. The lowest BCUT2D eigenvalue weighted by molar-refractivity contribution is -0.128. The molecule has 0 bridgehead atoms. The Hall–Kier alpha value is -1.41. The third-order valence-electron chi connectivity index (χ3n) is 3.13. The molecule has 1 amide bonds. The quantitative estimate of drug-likeness (QED) is 0.769. The van der Waals surface area contributed by atoms with Crippen molar-refractivity contribution in [2.24, 2.45) is 0 Å². The molecular formula is C12H12ClF2NO4S. The van der Waals surface area contributed by atoms with Gasteiger partial charge in [-0.25, -0.2) is 8.42 Å². The van der Waals surface area contributed by atoms with Crippen LogP contribution in [0.5, 0.6) is 5.75 Å². The smallest absolute Gasteiger partial charge is 0.387 e. The van der Waals surface area contributed by atoms with E-state index < -0.39 is 26.8 Å². The van der Waals surface area contributed by atoms with E-state index in [9.17, 15) is 22.0 Å². The molecule has 2 rings (SSSR count). The van der Waals surface area contributed by atoms with Gasteiger partial charge >= 0.3 is 6.61 Å². The Bertz CT molecular complexity index is 638. The van der Waals surface area contributed by atoms with Crippen molar-refractivity contribution in [3.63, 3.8) is 0 Å². The molecule has 1 aromatic rings. The number of hydrogen-bond donors (Lipinski definition) is 0. The van der Waals surface area contributed by atoms with Gasteiger partial charge in [0.1, 0.15) is 11.0 Å². The van der Waals surface area contributed by atoms with Crippen LogP contribution in [0.25, 0.3) is 0 Å². The van der Waals surface area contributed by atoms with E-state index in [4.69, 9.17) is 10.7 Å². The Morgan fingerprint density at radius 1 is 1.38 bits per heavy atom. The van der Waals surface area contributed by atoms with Crippen LogP contribution in [0.4, 0.5) is 8.78 Å². The van der Waals surface area contributed by atoms with E-state index in [0.717, 1.165) is 0 Å². The van der Waals surface area contributed by atoms with Crippen LogP contribution >= 0.6 is 10.7 Å². The third-order valence-corrected chi connectivity index (χ3v) is 5.00. The van der Waals surface area contributed by atoms with Gasteiger partial charge in [0.25, 0.3) is 0 Å². The van der Waals surface area contributed by atoms with Crippen LogP contribution in [0.1, 0.15) is 12.0 Å². The number of amides is 1. The van der Waals surface area contributed by atoms with Crippen LogP contribution < -0.4 is 4.74 Å². The molecule has 0 spiro atoms. The predicted octanol–water partition coefficient (Wildman–Crippen LogP) is 1.96. The van der Waals surface area contributed by atoms with E-state index in [1.807, 2.05) is 0 Å². The number of likely N-dealkylation sites (tertiary alicyclic amines) is 1. The molecule has 1 atom stereocenters. The number of benzene rings is 1. The zero-order chi connectivity index (χ0) is 15.6. The van der Waals surface area contributed by atoms with Crippen LogP contribution in [0, 0.1) is 0 Å². The highest BCUT2D eigenvalue weighted by molar-refractivity contribution is 8.14. The van der Waals surface area contributed by atoms with Gasteiger partial charge in [-0.1, -0.05) is 18.2 Å². The second-order valence-electron chi connectivity index (χ2n) is 4.56. The molecule has 5 nitrogen and oxygen atoms in total. The number of hydrogen-bond acceptors (Lipinski definition) is 4. The summed E-state index contributed by atoms with van der Waals surface area (Å²) in [5.74, 6) is -0.437. The molecule has 0 N–H and O–H groups in total. The maximum atomic E-state index is 12.3. The summed E-state index contributed by atoms with van der Waals surface area (Å²) in [5, 5.41) is -0.977. The van der Waals surface area contributed by atoms with Crippen molar-refractivity contribution in [3.8, 4) is 5.75 Å². The van der Waals surface area contributed by atoms with E-state index in [-0.39, 0.29) is 25.3 Å². The van der Waals surface area contributed by atoms with E-state index in [0.29, 0.717) is 5.56 Å². The third kappa shape index (κ3) is 4.04. The number of halogens is 3. The molecule has 1 fully saturated rings. The number of nitrogens with zero attached hydrogens (tertiary/aromatic N) is 1. The number of carbonyl (C=O) groups excluding carboxylic acids is 1. The minimum Gasteiger partial charge on any atom is -0.434 e. The molecular weight excluding hydrogens is 328 g/mol. The monoisotopic (exact) mass is 339 g/mol.